The fourth-order valence-electron chi connectivity index (χ4n) is 1.61. The van der Waals surface area contributed by atoms with Gasteiger partial charge in [0, 0.05) is 30.7 Å². The van der Waals surface area contributed by atoms with Crippen LogP contribution in [0.5, 0.6) is 0 Å². The van der Waals surface area contributed by atoms with Crippen LogP contribution in [0, 0.1) is 0 Å². The molecule has 86 valence electrons. The Morgan fingerprint density at radius 2 is 2.00 bits per heavy atom. The molecule has 0 bridgehead atoms. The topological polar surface area (TPSA) is 24.1 Å². The Morgan fingerprint density at radius 3 is 2.60 bits per heavy atom. The molecule has 0 spiro atoms. The van der Waals surface area contributed by atoms with Gasteiger partial charge in [-0.05, 0) is 17.7 Å². The van der Waals surface area contributed by atoms with Crippen LogP contribution < -0.4 is 10.6 Å². The first kappa shape index (κ1) is 15.0. The molecule has 0 amide bonds. The van der Waals surface area contributed by atoms with Crippen molar-refractivity contribution in [2.75, 3.05) is 19.6 Å². The van der Waals surface area contributed by atoms with E-state index >= 15 is 0 Å². The van der Waals surface area contributed by atoms with Gasteiger partial charge in [0.15, 0.2) is 0 Å². The van der Waals surface area contributed by atoms with E-state index in [0.29, 0.717) is 6.04 Å². The molecule has 2 N–H and O–H groups in total. The number of halogens is 3. The molecule has 1 unspecified atom stereocenters. The molecule has 15 heavy (non-hydrogen) atoms. The zero-order valence-electron chi connectivity index (χ0n) is 8.20. The molecular weight excluding hydrogens is 254 g/mol. The average molecular weight is 270 g/mol. The molecule has 2 rings (SSSR count). The number of rotatable bonds is 1. The van der Waals surface area contributed by atoms with Crippen LogP contribution in [-0.2, 0) is 0 Å². The number of piperazine rings is 1. The maximum atomic E-state index is 5.92. The Balaban J connectivity index is 0.000000980. The summed E-state index contributed by atoms with van der Waals surface area (Å²) >= 11 is 5.92. The Bertz CT molecular complexity index is 288. The molecule has 1 atom stereocenters. The number of hydrogen-bond donors (Lipinski definition) is 2. The molecule has 1 fully saturated rings. The zero-order valence-corrected chi connectivity index (χ0v) is 10.6. The summed E-state index contributed by atoms with van der Waals surface area (Å²) in [5.41, 5.74) is 1.26. The van der Waals surface area contributed by atoms with Crippen LogP contribution in [0.2, 0.25) is 5.02 Å². The van der Waals surface area contributed by atoms with E-state index in [1.54, 1.807) is 0 Å². The van der Waals surface area contributed by atoms with Crippen LogP contribution in [0.25, 0.3) is 0 Å². The summed E-state index contributed by atoms with van der Waals surface area (Å²) in [5, 5.41) is 7.60. The van der Waals surface area contributed by atoms with Gasteiger partial charge in [-0.2, -0.15) is 0 Å². The highest BCUT2D eigenvalue weighted by molar-refractivity contribution is 6.30. The first-order valence-corrected chi connectivity index (χ1v) is 4.93. The minimum absolute atomic E-state index is 0. The second kappa shape index (κ2) is 7.31. The number of nitrogens with one attached hydrogen (secondary N) is 2. The van der Waals surface area contributed by atoms with Gasteiger partial charge >= 0.3 is 0 Å². The summed E-state index contributed by atoms with van der Waals surface area (Å²) in [6, 6.07) is 8.44. The smallest absolute Gasteiger partial charge is 0.0447 e. The van der Waals surface area contributed by atoms with E-state index in [2.05, 4.69) is 16.7 Å². The van der Waals surface area contributed by atoms with Crippen molar-refractivity contribution >= 4 is 36.4 Å². The summed E-state index contributed by atoms with van der Waals surface area (Å²) in [6.45, 7) is 3.06. The van der Waals surface area contributed by atoms with Gasteiger partial charge in [-0.3, -0.25) is 0 Å². The van der Waals surface area contributed by atoms with Crippen molar-refractivity contribution in [3.63, 3.8) is 0 Å². The number of hydrogen-bond acceptors (Lipinski definition) is 2. The molecule has 1 aromatic rings. The van der Waals surface area contributed by atoms with Crippen LogP contribution in [0.3, 0.4) is 0 Å². The van der Waals surface area contributed by atoms with Crippen molar-refractivity contribution in [2.45, 2.75) is 6.04 Å². The predicted octanol–water partition coefficient (Wildman–Crippen LogP) is 2.42. The van der Waals surface area contributed by atoms with Gasteiger partial charge in [-0.25, -0.2) is 0 Å². The maximum Gasteiger partial charge on any atom is 0.0447 e. The maximum absolute atomic E-state index is 5.92. The lowest BCUT2D eigenvalue weighted by Gasteiger charge is -2.24. The van der Waals surface area contributed by atoms with Crippen molar-refractivity contribution < 1.29 is 0 Å². The van der Waals surface area contributed by atoms with Crippen molar-refractivity contribution in [1.29, 1.82) is 0 Å². The van der Waals surface area contributed by atoms with E-state index in [0.717, 1.165) is 24.7 Å². The van der Waals surface area contributed by atoms with Gasteiger partial charge in [0.25, 0.3) is 0 Å². The SMILES string of the molecule is Cl.Cl.Clc1cccc(C2CNCCN2)c1. The van der Waals surface area contributed by atoms with Crippen LogP contribution in [0.15, 0.2) is 24.3 Å². The van der Waals surface area contributed by atoms with Gasteiger partial charge in [0.05, 0.1) is 0 Å². The standard InChI is InChI=1S/C10H13ClN2.2ClH/c11-9-3-1-2-8(6-9)10-7-12-4-5-13-10;;/h1-3,6,10,12-13H,4-5,7H2;2*1H. The first-order valence-electron chi connectivity index (χ1n) is 4.56. The van der Waals surface area contributed by atoms with E-state index < -0.39 is 0 Å². The lowest BCUT2D eigenvalue weighted by Crippen LogP contribution is -2.42. The molecule has 0 aromatic heterocycles. The summed E-state index contributed by atoms with van der Waals surface area (Å²) in [4.78, 5) is 0. The van der Waals surface area contributed by atoms with E-state index in [-0.39, 0.29) is 24.8 Å². The summed E-state index contributed by atoms with van der Waals surface area (Å²) in [7, 11) is 0. The summed E-state index contributed by atoms with van der Waals surface area (Å²) < 4.78 is 0. The van der Waals surface area contributed by atoms with Gasteiger partial charge < -0.3 is 10.6 Å². The van der Waals surface area contributed by atoms with E-state index in [1.165, 1.54) is 5.56 Å². The largest absolute Gasteiger partial charge is 0.314 e. The van der Waals surface area contributed by atoms with Crippen molar-refractivity contribution in [3.05, 3.63) is 34.9 Å². The summed E-state index contributed by atoms with van der Waals surface area (Å²) in [5.74, 6) is 0. The van der Waals surface area contributed by atoms with Crippen molar-refractivity contribution in [3.8, 4) is 0 Å². The van der Waals surface area contributed by atoms with Crippen LogP contribution in [0.4, 0.5) is 0 Å². The normalized spacial score (nSPS) is 19.9. The molecule has 0 aliphatic carbocycles. The van der Waals surface area contributed by atoms with Crippen molar-refractivity contribution in [2.24, 2.45) is 0 Å². The third kappa shape index (κ3) is 4.17. The summed E-state index contributed by atoms with van der Waals surface area (Å²) in [6.07, 6.45) is 0. The lowest BCUT2D eigenvalue weighted by atomic mass is 10.1. The number of benzene rings is 1. The monoisotopic (exact) mass is 268 g/mol. The van der Waals surface area contributed by atoms with Gasteiger partial charge in [-0.15, -0.1) is 24.8 Å². The van der Waals surface area contributed by atoms with Crippen LogP contribution in [0.1, 0.15) is 11.6 Å². The highest BCUT2D eigenvalue weighted by Crippen LogP contribution is 2.17. The highest BCUT2D eigenvalue weighted by Gasteiger charge is 2.13. The fraction of sp³-hybridized carbons (Fsp3) is 0.400. The third-order valence-electron chi connectivity index (χ3n) is 2.29. The van der Waals surface area contributed by atoms with Crippen LogP contribution in [-0.4, -0.2) is 19.6 Å². The van der Waals surface area contributed by atoms with Crippen LogP contribution >= 0.6 is 36.4 Å². The molecule has 0 radical (unpaired) electrons. The molecule has 1 saturated heterocycles. The zero-order chi connectivity index (χ0) is 9.10. The quantitative estimate of drug-likeness (QED) is 0.818. The van der Waals surface area contributed by atoms with E-state index in [9.17, 15) is 0 Å². The van der Waals surface area contributed by atoms with Gasteiger partial charge in [0.1, 0.15) is 0 Å². The highest BCUT2D eigenvalue weighted by atomic mass is 35.5. The second-order valence-corrected chi connectivity index (χ2v) is 3.70. The molecule has 1 aliphatic heterocycles. The predicted molar refractivity (Wildman–Crippen MR) is 69.6 cm³/mol. The fourth-order valence-corrected chi connectivity index (χ4v) is 1.81. The first-order chi connectivity index (χ1) is 6.36. The Morgan fingerprint density at radius 1 is 1.20 bits per heavy atom. The minimum Gasteiger partial charge on any atom is -0.314 e. The molecule has 1 heterocycles. The third-order valence-corrected chi connectivity index (χ3v) is 2.53. The molecule has 1 aliphatic rings. The molecule has 5 heteroatoms. The lowest BCUT2D eigenvalue weighted by molar-refractivity contribution is 0.430. The van der Waals surface area contributed by atoms with Gasteiger partial charge in [-0.1, -0.05) is 23.7 Å². The molecule has 1 aromatic carbocycles. The molecule has 0 saturated carbocycles. The minimum atomic E-state index is 0. The van der Waals surface area contributed by atoms with Crippen molar-refractivity contribution in [1.82, 2.24) is 10.6 Å². The van der Waals surface area contributed by atoms with E-state index in [1.807, 2.05) is 18.2 Å². The Labute approximate surface area is 108 Å². The van der Waals surface area contributed by atoms with Gasteiger partial charge in [0.2, 0.25) is 0 Å². The second-order valence-electron chi connectivity index (χ2n) is 3.27. The average Bonchev–Trinajstić information content (AvgIpc) is 2.19. The molecule has 2 nitrogen and oxygen atoms in total. The molecular formula is C10H15Cl3N2. The Hall–Kier alpha value is 0.01000. The van der Waals surface area contributed by atoms with E-state index in [4.69, 9.17) is 11.6 Å². The Kier molecular flexibility index (Phi) is 7.32.